The van der Waals surface area contributed by atoms with E-state index in [1.54, 1.807) is 43.1 Å². The number of hydrogen-bond donors (Lipinski definition) is 2. The Bertz CT molecular complexity index is 1640. The number of hydrogen-bond acceptors (Lipinski definition) is 5. The molecule has 0 saturated carbocycles. The molecule has 38 heavy (non-hydrogen) atoms. The predicted molar refractivity (Wildman–Crippen MR) is 154 cm³/mol. The lowest BCUT2D eigenvalue weighted by Crippen LogP contribution is -2.29. The van der Waals surface area contributed by atoms with Gasteiger partial charge in [-0.05, 0) is 71.1 Å². The molecule has 0 fully saturated rings. The van der Waals surface area contributed by atoms with Crippen molar-refractivity contribution in [3.8, 4) is 22.6 Å². The molecule has 0 radical (unpaired) electrons. The molecule has 0 unspecified atom stereocenters. The summed E-state index contributed by atoms with van der Waals surface area (Å²) < 4.78 is 13.1. The number of urea groups is 1. The number of carbonyl (C=O) groups is 1. The van der Waals surface area contributed by atoms with Crippen LogP contribution >= 0.6 is 22.9 Å². The van der Waals surface area contributed by atoms with Crippen molar-refractivity contribution in [3.05, 3.63) is 105 Å². The van der Waals surface area contributed by atoms with Gasteiger partial charge in [-0.2, -0.15) is 0 Å². The van der Waals surface area contributed by atoms with Gasteiger partial charge >= 0.3 is 6.03 Å². The number of pyridine rings is 1. The third kappa shape index (κ3) is 5.22. The number of nitrogens with zero attached hydrogens (tertiary/aromatic N) is 1. The molecule has 2 amide bonds. The minimum Gasteiger partial charge on any atom is -0.497 e. The number of aromatic nitrogens is 1. The topological polar surface area (TPSA) is 81.6 Å². The maximum absolute atomic E-state index is 14.0. The first kappa shape index (κ1) is 25.4. The summed E-state index contributed by atoms with van der Waals surface area (Å²) in [6.07, 6.45) is 0. The molecular weight excluding hydrogens is 522 g/mol. The van der Waals surface area contributed by atoms with E-state index in [9.17, 15) is 9.59 Å². The molecule has 7 nitrogen and oxygen atoms in total. The highest BCUT2D eigenvalue weighted by molar-refractivity contribution is 7.17. The van der Waals surface area contributed by atoms with Crippen LogP contribution in [-0.2, 0) is 6.54 Å². The van der Waals surface area contributed by atoms with E-state index in [0.717, 1.165) is 27.1 Å². The van der Waals surface area contributed by atoms with Crippen molar-refractivity contribution in [2.45, 2.75) is 6.54 Å². The van der Waals surface area contributed by atoms with Crippen molar-refractivity contribution in [3.63, 3.8) is 0 Å². The van der Waals surface area contributed by atoms with E-state index in [-0.39, 0.29) is 11.2 Å². The largest absolute Gasteiger partial charge is 0.497 e. The summed E-state index contributed by atoms with van der Waals surface area (Å²) in [7, 11) is 3.21. The van der Waals surface area contributed by atoms with Crippen LogP contribution in [0.5, 0.6) is 11.5 Å². The van der Waals surface area contributed by atoms with Crippen LogP contribution in [0.4, 0.5) is 16.2 Å². The van der Waals surface area contributed by atoms with Crippen molar-refractivity contribution in [1.82, 2.24) is 4.57 Å². The van der Waals surface area contributed by atoms with E-state index in [2.05, 4.69) is 10.6 Å². The Balaban J connectivity index is 1.62. The highest BCUT2D eigenvalue weighted by Gasteiger charge is 2.21. The minimum atomic E-state index is -0.536. The number of thiophene rings is 1. The zero-order valence-electron chi connectivity index (χ0n) is 20.7. The number of fused-ring (bicyclic) bond motifs is 1. The van der Waals surface area contributed by atoms with Crippen LogP contribution in [0.1, 0.15) is 5.56 Å². The molecule has 0 aliphatic heterocycles. The van der Waals surface area contributed by atoms with Crippen molar-refractivity contribution >= 4 is 50.6 Å². The van der Waals surface area contributed by atoms with Gasteiger partial charge in [0.1, 0.15) is 17.2 Å². The van der Waals surface area contributed by atoms with Gasteiger partial charge in [0, 0.05) is 16.3 Å². The summed E-state index contributed by atoms with van der Waals surface area (Å²) in [5, 5.41) is 8.11. The van der Waals surface area contributed by atoms with Crippen LogP contribution in [0.3, 0.4) is 0 Å². The van der Waals surface area contributed by atoms with Gasteiger partial charge in [0.25, 0.3) is 5.56 Å². The first-order valence-corrected chi connectivity index (χ1v) is 13.0. The molecule has 192 valence electrons. The highest BCUT2D eigenvalue weighted by atomic mass is 35.5. The van der Waals surface area contributed by atoms with Gasteiger partial charge in [0.15, 0.2) is 0 Å². The van der Waals surface area contributed by atoms with Crippen LogP contribution in [-0.4, -0.2) is 24.8 Å². The summed E-state index contributed by atoms with van der Waals surface area (Å²) in [6.45, 7) is 0.326. The van der Waals surface area contributed by atoms with Crippen molar-refractivity contribution < 1.29 is 14.3 Å². The molecule has 2 heterocycles. The maximum Gasteiger partial charge on any atom is 0.323 e. The van der Waals surface area contributed by atoms with Gasteiger partial charge in [-0.15, -0.1) is 11.3 Å². The van der Waals surface area contributed by atoms with Gasteiger partial charge in [-0.1, -0.05) is 35.9 Å². The van der Waals surface area contributed by atoms with Gasteiger partial charge in [-0.25, -0.2) is 4.79 Å². The van der Waals surface area contributed by atoms with Crippen LogP contribution < -0.4 is 25.7 Å². The molecule has 0 saturated heterocycles. The monoisotopic (exact) mass is 545 g/mol. The van der Waals surface area contributed by atoms with E-state index in [1.807, 2.05) is 60.0 Å². The molecule has 0 aliphatic carbocycles. The first-order valence-electron chi connectivity index (χ1n) is 11.7. The molecular formula is C29H24ClN3O4S. The Morgan fingerprint density at radius 2 is 1.50 bits per heavy atom. The number of nitrogens with one attached hydrogen (secondary N) is 2. The van der Waals surface area contributed by atoms with Crippen LogP contribution in [0.2, 0.25) is 5.02 Å². The molecule has 2 aromatic heterocycles. The quantitative estimate of drug-likeness (QED) is 0.229. The third-order valence-corrected chi connectivity index (χ3v) is 7.26. The molecule has 0 spiro atoms. The van der Waals surface area contributed by atoms with Crippen molar-refractivity contribution in [2.24, 2.45) is 0 Å². The van der Waals surface area contributed by atoms with Gasteiger partial charge < -0.3 is 24.7 Å². The molecule has 0 bridgehead atoms. The van der Waals surface area contributed by atoms with E-state index < -0.39 is 6.03 Å². The summed E-state index contributed by atoms with van der Waals surface area (Å²) in [4.78, 5) is 27.1. The Labute approximate surface area is 228 Å². The Hall–Kier alpha value is -4.27. The van der Waals surface area contributed by atoms with Crippen molar-refractivity contribution in [1.29, 1.82) is 0 Å². The number of anilines is 2. The smallest absolute Gasteiger partial charge is 0.323 e. The average Bonchev–Trinajstić information content (AvgIpc) is 3.42. The predicted octanol–water partition coefficient (Wildman–Crippen LogP) is 7.09. The zero-order valence-corrected chi connectivity index (χ0v) is 22.2. The fourth-order valence-electron chi connectivity index (χ4n) is 4.20. The van der Waals surface area contributed by atoms with Gasteiger partial charge in [-0.3, -0.25) is 4.79 Å². The Morgan fingerprint density at radius 3 is 2.13 bits per heavy atom. The molecule has 5 rings (SSSR count). The molecule has 0 atom stereocenters. The van der Waals surface area contributed by atoms with E-state index in [0.29, 0.717) is 28.6 Å². The van der Waals surface area contributed by atoms with Crippen LogP contribution in [0.15, 0.2) is 89.0 Å². The standard InChI is InChI=1S/C29H24ClN3O4S/c1-36-22-11-3-18(4-12-22)17-33-24-15-16-38-27(24)25(19-5-13-23(37-2)14-6-19)26(28(33)34)32-29(35)31-21-9-7-20(30)8-10-21/h3-16H,17H2,1-2H3,(H2,31,32,35). The second-order valence-corrected chi connectivity index (χ2v) is 9.79. The fourth-order valence-corrected chi connectivity index (χ4v) is 5.29. The first-order chi connectivity index (χ1) is 18.5. The van der Waals surface area contributed by atoms with E-state index in [1.165, 1.54) is 11.3 Å². The zero-order chi connectivity index (χ0) is 26.6. The number of halogens is 1. The number of benzene rings is 3. The minimum absolute atomic E-state index is 0.185. The third-order valence-electron chi connectivity index (χ3n) is 6.09. The lowest BCUT2D eigenvalue weighted by atomic mass is 10.0. The summed E-state index contributed by atoms with van der Waals surface area (Å²) >= 11 is 7.48. The summed E-state index contributed by atoms with van der Waals surface area (Å²) in [5.74, 6) is 1.43. The van der Waals surface area contributed by atoms with Crippen LogP contribution in [0.25, 0.3) is 21.3 Å². The van der Waals surface area contributed by atoms with Crippen LogP contribution in [0, 0.1) is 0 Å². The molecule has 0 aliphatic rings. The number of ether oxygens (including phenoxy) is 2. The Kier molecular flexibility index (Phi) is 7.35. The summed E-state index contributed by atoms with van der Waals surface area (Å²) in [5.41, 5.74) is 3.57. The average molecular weight is 546 g/mol. The number of rotatable bonds is 7. The summed E-state index contributed by atoms with van der Waals surface area (Å²) in [6, 6.07) is 23.1. The van der Waals surface area contributed by atoms with Gasteiger partial charge in [0.05, 0.1) is 31.0 Å². The molecule has 2 N–H and O–H groups in total. The molecule has 9 heteroatoms. The Morgan fingerprint density at radius 1 is 0.868 bits per heavy atom. The second-order valence-electron chi connectivity index (χ2n) is 8.44. The highest BCUT2D eigenvalue weighted by Crippen LogP contribution is 2.37. The number of amides is 2. The van der Waals surface area contributed by atoms with Gasteiger partial charge in [0.2, 0.25) is 0 Å². The number of carbonyl (C=O) groups excluding carboxylic acids is 1. The lowest BCUT2D eigenvalue weighted by Gasteiger charge is -2.17. The second kappa shape index (κ2) is 11.0. The van der Waals surface area contributed by atoms with E-state index in [4.69, 9.17) is 21.1 Å². The van der Waals surface area contributed by atoms with Crippen molar-refractivity contribution in [2.75, 3.05) is 24.9 Å². The van der Waals surface area contributed by atoms with E-state index >= 15 is 0 Å². The fraction of sp³-hybridized carbons (Fsp3) is 0.103. The normalized spacial score (nSPS) is 10.8. The maximum atomic E-state index is 14.0. The SMILES string of the molecule is COc1ccc(Cn2c(=O)c(NC(=O)Nc3ccc(Cl)cc3)c(-c3ccc(OC)cc3)c3sccc32)cc1. The molecule has 3 aromatic carbocycles. The lowest BCUT2D eigenvalue weighted by molar-refractivity contribution is 0.262. The molecule has 5 aromatic rings. The number of methoxy groups -OCH3 is 2.